The first-order valence-corrected chi connectivity index (χ1v) is 9.94. The summed E-state index contributed by atoms with van der Waals surface area (Å²) in [6, 6.07) is 8.44. The number of aliphatic imine (C=N–C) groups is 1. The maximum Gasteiger partial charge on any atom is 0.191 e. The predicted molar refractivity (Wildman–Crippen MR) is 125 cm³/mol. The average molecular weight is 502 g/mol. The number of benzene rings is 1. The molecular weight excluding hydrogens is 471 g/mol. The highest BCUT2D eigenvalue weighted by Crippen LogP contribution is 2.16. The number of nitrogens with one attached hydrogen (secondary N) is 2. The van der Waals surface area contributed by atoms with Crippen molar-refractivity contribution in [1.82, 2.24) is 15.6 Å². The molecule has 7 heteroatoms. The Labute approximate surface area is 184 Å². The monoisotopic (exact) mass is 502 g/mol. The van der Waals surface area contributed by atoms with Gasteiger partial charge in [0.25, 0.3) is 0 Å². The average Bonchev–Trinajstić information content (AvgIpc) is 2.94. The molecule has 0 radical (unpaired) electrons. The summed E-state index contributed by atoms with van der Waals surface area (Å²) in [5.41, 5.74) is 3.46. The molecule has 0 saturated carbocycles. The number of guanidine groups is 1. The van der Waals surface area contributed by atoms with Gasteiger partial charge >= 0.3 is 0 Å². The van der Waals surface area contributed by atoms with Gasteiger partial charge in [-0.15, -0.1) is 35.3 Å². The van der Waals surface area contributed by atoms with Crippen molar-refractivity contribution in [1.29, 1.82) is 0 Å². The van der Waals surface area contributed by atoms with Gasteiger partial charge in [-0.25, -0.2) is 9.98 Å². The lowest BCUT2D eigenvalue weighted by atomic mass is 10.1. The molecule has 0 amide bonds. The molecule has 2 rings (SSSR count). The van der Waals surface area contributed by atoms with Gasteiger partial charge < -0.3 is 15.4 Å². The smallest absolute Gasteiger partial charge is 0.191 e. The first-order chi connectivity index (χ1) is 12.5. The van der Waals surface area contributed by atoms with Crippen molar-refractivity contribution < 1.29 is 4.74 Å². The van der Waals surface area contributed by atoms with Gasteiger partial charge in [-0.05, 0) is 45.7 Å². The fourth-order valence-corrected chi connectivity index (χ4v) is 3.29. The number of hydrogen-bond donors (Lipinski definition) is 2. The predicted octanol–water partition coefficient (Wildman–Crippen LogP) is 4.56. The quantitative estimate of drug-likeness (QED) is 0.316. The maximum atomic E-state index is 5.63. The SMILES string of the molecule is CCNC(=NCc1ccc(COC(C)C)cc1)NCc1sc(C)nc1C.I. The molecule has 0 bridgehead atoms. The van der Waals surface area contributed by atoms with E-state index in [1.165, 1.54) is 16.0 Å². The van der Waals surface area contributed by atoms with E-state index in [1.54, 1.807) is 11.3 Å². The minimum atomic E-state index is 0. The van der Waals surface area contributed by atoms with Gasteiger partial charge in [-0.1, -0.05) is 24.3 Å². The van der Waals surface area contributed by atoms with Crippen LogP contribution in [0, 0.1) is 13.8 Å². The fraction of sp³-hybridized carbons (Fsp3) is 0.500. The summed E-state index contributed by atoms with van der Waals surface area (Å²) in [5, 5.41) is 7.79. The van der Waals surface area contributed by atoms with Crippen LogP contribution in [0.15, 0.2) is 29.3 Å². The first-order valence-electron chi connectivity index (χ1n) is 9.12. The van der Waals surface area contributed by atoms with Crippen LogP contribution in [0.1, 0.15) is 47.5 Å². The molecule has 150 valence electrons. The van der Waals surface area contributed by atoms with E-state index < -0.39 is 0 Å². The Balaban J connectivity index is 0.00000364. The van der Waals surface area contributed by atoms with Crippen LogP contribution in [0.25, 0.3) is 0 Å². The van der Waals surface area contributed by atoms with Crippen molar-refractivity contribution in [2.24, 2.45) is 4.99 Å². The molecule has 0 spiro atoms. The molecule has 27 heavy (non-hydrogen) atoms. The number of nitrogens with zero attached hydrogens (tertiary/aromatic N) is 2. The van der Waals surface area contributed by atoms with E-state index in [1.807, 2.05) is 20.8 Å². The lowest BCUT2D eigenvalue weighted by Gasteiger charge is -2.11. The van der Waals surface area contributed by atoms with E-state index in [0.717, 1.165) is 29.8 Å². The normalized spacial score (nSPS) is 11.4. The van der Waals surface area contributed by atoms with Crippen LogP contribution in [0.4, 0.5) is 0 Å². The van der Waals surface area contributed by atoms with Crippen LogP contribution in [0.2, 0.25) is 0 Å². The summed E-state index contributed by atoms with van der Waals surface area (Å²) in [6.45, 7) is 13.1. The minimum Gasteiger partial charge on any atom is -0.374 e. The standard InChI is InChI=1S/C20H30N4OS.HI/c1-6-21-20(23-12-19-15(4)24-16(5)26-19)22-11-17-7-9-18(10-8-17)13-25-14(2)3;/h7-10,14H,6,11-13H2,1-5H3,(H2,21,22,23);1H. The highest BCUT2D eigenvalue weighted by Gasteiger charge is 2.06. The molecule has 2 aromatic rings. The zero-order valence-corrected chi connectivity index (χ0v) is 20.0. The minimum absolute atomic E-state index is 0. The lowest BCUT2D eigenvalue weighted by molar-refractivity contribution is 0.0657. The molecule has 0 saturated heterocycles. The van der Waals surface area contributed by atoms with Gasteiger partial charge in [0.2, 0.25) is 0 Å². The van der Waals surface area contributed by atoms with E-state index in [9.17, 15) is 0 Å². The van der Waals surface area contributed by atoms with Gasteiger partial charge in [0.05, 0.1) is 36.5 Å². The number of halogens is 1. The highest BCUT2D eigenvalue weighted by molar-refractivity contribution is 14.0. The van der Waals surface area contributed by atoms with E-state index in [2.05, 4.69) is 58.7 Å². The Bertz CT molecular complexity index is 713. The molecule has 0 aliphatic heterocycles. The van der Waals surface area contributed by atoms with Crippen LogP contribution in [0.3, 0.4) is 0 Å². The maximum absolute atomic E-state index is 5.63. The zero-order chi connectivity index (χ0) is 18.9. The Hall–Kier alpha value is -1.19. The number of ether oxygens (including phenoxy) is 1. The third-order valence-corrected chi connectivity index (χ3v) is 4.86. The molecule has 0 unspecified atom stereocenters. The molecule has 0 aliphatic carbocycles. The zero-order valence-electron chi connectivity index (χ0n) is 16.8. The number of hydrogen-bond acceptors (Lipinski definition) is 4. The van der Waals surface area contributed by atoms with Gasteiger partial charge in [0, 0.05) is 11.4 Å². The second-order valence-corrected chi connectivity index (χ2v) is 7.75. The summed E-state index contributed by atoms with van der Waals surface area (Å²) in [4.78, 5) is 10.4. The second kappa shape index (κ2) is 12.3. The summed E-state index contributed by atoms with van der Waals surface area (Å²) in [7, 11) is 0. The fourth-order valence-electron chi connectivity index (χ4n) is 2.42. The van der Waals surface area contributed by atoms with Gasteiger partial charge in [0.15, 0.2) is 5.96 Å². The van der Waals surface area contributed by atoms with Crippen molar-refractivity contribution in [2.45, 2.75) is 60.4 Å². The molecule has 0 atom stereocenters. The van der Waals surface area contributed by atoms with Gasteiger partial charge in [-0.3, -0.25) is 0 Å². The molecule has 0 aliphatic rings. The Morgan fingerprint density at radius 3 is 2.37 bits per heavy atom. The summed E-state index contributed by atoms with van der Waals surface area (Å²) >= 11 is 1.73. The van der Waals surface area contributed by atoms with Crippen LogP contribution < -0.4 is 10.6 Å². The third-order valence-electron chi connectivity index (χ3n) is 3.79. The van der Waals surface area contributed by atoms with Crippen molar-refractivity contribution in [3.63, 3.8) is 0 Å². The summed E-state index contributed by atoms with van der Waals surface area (Å²) in [5.74, 6) is 0.824. The lowest BCUT2D eigenvalue weighted by Crippen LogP contribution is -2.36. The van der Waals surface area contributed by atoms with Crippen LogP contribution in [-0.2, 0) is 24.4 Å². The Kier molecular flexibility index (Phi) is 10.9. The molecule has 1 heterocycles. The topological polar surface area (TPSA) is 58.5 Å². The van der Waals surface area contributed by atoms with Crippen LogP contribution >= 0.6 is 35.3 Å². The summed E-state index contributed by atoms with van der Waals surface area (Å²) in [6.07, 6.45) is 0.249. The van der Waals surface area contributed by atoms with E-state index in [0.29, 0.717) is 13.2 Å². The van der Waals surface area contributed by atoms with Crippen molar-refractivity contribution in [2.75, 3.05) is 6.54 Å². The first kappa shape index (κ1) is 23.8. The summed E-state index contributed by atoms with van der Waals surface area (Å²) < 4.78 is 5.63. The number of rotatable bonds is 8. The molecule has 1 aromatic carbocycles. The second-order valence-electron chi connectivity index (χ2n) is 6.47. The van der Waals surface area contributed by atoms with E-state index >= 15 is 0 Å². The largest absolute Gasteiger partial charge is 0.374 e. The molecule has 5 nitrogen and oxygen atoms in total. The van der Waals surface area contributed by atoms with Crippen molar-refractivity contribution in [3.8, 4) is 0 Å². The van der Waals surface area contributed by atoms with Gasteiger partial charge in [0.1, 0.15) is 0 Å². The van der Waals surface area contributed by atoms with Crippen LogP contribution in [-0.4, -0.2) is 23.6 Å². The van der Waals surface area contributed by atoms with Gasteiger partial charge in [-0.2, -0.15) is 0 Å². The number of thiazole rings is 1. The molecule has 0 fully saturated rings. The van der Waals surface area contributed by atoms with Crippen molar-refractivity contribution in [3.05, 3.63) is 51.0 Å². The molecule has 1 aromatic heterocycles. The molecular formula is C20H31IN4OS. The van der Waals surface area contributed by atoms with Crippen molar-refractivity contribution >= 4 is 41.3 Å². The highest BCUT2D eigenvalue weighted by atomic mass is 127. The Morgan fingerprint density at radius 2 is 1.81 bits per heavy atom. The van der Waals surface area contributed by atoms with Crippen LogP contribution in [0.5, 0.6) is 0 Å². The van der Waals surface area contributed by atoms with E-state index in [-0.39, 0.29) is 30.1 Å². The molecule has 2 N–H and O–H groups in total. The third kappa shape index (κ3) is 8.57. The number of aromatic nitrogens is 1. The number of aryl methyl sites for hydroxylation is 2. The van der Waals surface area contributed by atoms with E-state index in [4.69, 9.17) is 4.74 Å². The Morgan fingerprint density at radius 1 is 1.15 bits per heavy atom.